The minimum atomic E-state index is -3.22. The molecule has 2 aromatic heterocycles. The number of anilines is 2. The fourth-order valence-corrected chi connectivity index (χ4v) is 4.86. The lowest BCUT2D eigenvalue weighted by atomic mass is 10.1. The number of pyridine rings is 1. The molecule has 0 bridgehead atoms. The Balaban J connectivity index is 1.43. The highest BCUT2D eigenvalue weighted by atomic mass is 35.5. The van der Waals surface area contributed by atoms with E-state index in [1.165, 1.54) is 6.26 Å². The summed E-state index contributed by atoms with van der Waals surface area (Å²) in [5.74, 6) is 0. The van der Waals surface area contributed by atoms with Gasteiger partial charge in [0.2, 0.25) is 0 Å². The Hall–Kier alpha value is -3.88. The van der Waals surface area contributed by atoms with Crippen molar-refractivity contribution in [3.8, 4) is 0 Å². The molecule has 3 aromatic carbocycles. The number of sulfone groups is 1. The second-order valence-corrected chi connectivity index (χ2v) is 10.9. The predicted octanol–water partition coefficient (Wildman–Crippen LogP) is 5.87. The number of halogens is 1. The number of rotatable bonds is 8. The Labute approximate surface area is 214 Å². The van der Waals surface area contributed by atoms with E-state index in [1.807, 2.05) is 60.9 Å². The zero-order valence-corrected chi connectivity index (χ0v) is 21.1. The molecule has 0 spiro atoms. The summed E-state index contributed by atoms with van der Waals surface area (Å²) >= 11 is 6.17. The van der Waals surface area contributed by atoms with Crippen LogP contribution in [0.5, 0.6) is 0 Å². The van der Waals surface area contributed by atoms with E-state index in [0.717, 1.165) is 44.4 Å². The third kappa shape index (κ3) is 5.19. The van der Waals surface area contributed by atoms with Crippen LogP contribution in [0, 0.1) is 0 Å². The van der Waals surface area contributed by atoms with Gasteiger partial charge in [0.15, 0.2) is 9.84 Å². The summed E-state index contributed by atoms with van der Waals surface area (Å²) in [5, 5.41) is 10.4. The van der Waals surface area contributed by atoms with Crippen LogP contribution in [0.15, 0.2) is 89.0 Å². The van der Waals surface area contributed by atoms with Crippen molar-refractivity contribution >= 4 is 60.8 Å². The molecule has 0 atom stereocenters. The van der Waals surface area contributed by atoms with Gasteiger partial charge >= 0.3 is 0 Å². The van der Waals surface area contributed by atoms with Crippen LogP contribution in [0.1, 0.15) is 11.3 Å². The normalized spacial score (nSPS) is 11.9. The van der Waals surface area contributed by atoms with E-state index in [2.05, 4.69) is 25.8 Å². The lowest BCUT2D eigenvalue weighted by molar-refractivity contribution is 0.602. The molecule has 9 heteroatoms. The topological polar surface area (TPSA) is 99.2 Å². The molecule has 3 N–H and O–H groups in total. The first-order valence-electron chi connectivity index (χ1n) is 11.4. The zero-order chi connectivity index (χ0) is 25.1. The summed E-state index contributed by atoms with van der Waals surface area (Å²) in [6.07, 6.45) is 5.54. The van der Waals surface area contributed by atoms with Crippen molar-refractivity contribution < 1.29 is 8.42 Å². The minimum Gasteiger partial charge on any atom is -0.385 e. The summed E-state index contributed by atoms with van der Waals surface area (Å²) in [7, 11) is -3.22. The number of nitrogens with one attached hydrogen (secondary N) is 3. The van der Waals surface area contributed by atoms with E-state index in [-0.39, 0.29) is 0 Å². The average Bonchev–Trinajstić information content (AvgIpc) is 3.22. The molecule has 0 saturated heterocycles. The summed E-state index contributed by atoms with van der Waals surface area (Å²) in [5.41, 5.74) is 8.57. The summed E-state index contributed by atoms with van der Waals surface area (Å²) in [4.78, 5) is 8.48. The van der Waals surface area contributed by atoms with Crippen molar-refractivity contribution in [3.05, 3.63) is 95.3 Å². The quantitative estimate of drug-likeness (QED) is 0.176. The van der Waals surface area contributed by atoms with E-state index in [9.17, 15) is 8.42 Å². The molecule has 0 aliphatic rings. The molecule has 0 fully saturated rings. The number of fused-ring (bicyclic) bond motifs is 3. The molecule has 36 heavy (non-hydrogen) atoms. The SMILES string of the molecule is CS(=O)(=O)c1ccc(NCCc2[nH]c3c(cnc4cc(Cl)ccc43)c2C=NNc2ccccc2)cc1. The van der Waals surface area contributed by atoms with Crippen molar-refractivity contribution in [3.63, 3.8) is 0 Å². The average molecular weight is 518 g/mol. The second kappa shape index (κ2) is 10.0. The lowest BCUT2D eigenvalue weighted by Crippen LogP contribution is -2.07. The molecule has 0 saturated carbocycles. The van der Waals surface area contributed by atoms with E-state index in [0.29, 0.717) is 22.9 Å². The van der Waals surface area contributed by atoms with Crippen molar-refractivity contribution in [1.82, 2.24) is 9.97 Å². The molecule has 5 aromatic rings. The van der Waals surface area contributed by atoms with Gasteiger partial charge in [0.05, 0.1) is 27.8 Å². The molecule has 2 heterocycles. The molecule has 7 nitrogen and oxygen atoms in total. The van der Waals surface area contributed by atoms with E-state index >= 15 is 0 Å². The Bertz CT molecular complexity index is 1660. The van der Waals surface area contributed by atoms with Crippen molar-refractivity contribution in [2.45, 2.75) is 11.3 Å². The van der Waals surface area contributed by atoms with Gasteiger partial charge in [-0.05, 0) is 54.6 Å². The number of aromatic amines is 1. The number of para-hydroxylation sites is 1. The maximum Gasteiger partial charge on any atom is 0.175 e. The van der Waals surface area contributed by atoms with Crippen molar-refractivity contribution in [2.24, 2.45) is 5.10 Å². The number of nitrogens with zero attached hydrogens (tertiary/aromatic N) is 2. The highest BCUT2D eigenvalue weighted by Crippen LogP contribution is 2.29. The number of hydrazone groups is 1. The molecule has 0 aliphatic heterocycles. The van der Waals surface area contributed by atoms with Gasteiger partial charge in [-0.15, -0.1) is 0 Å². The molecule has 5 rings (SSSR count). The van der Waals surface area contributed by atoms with Gasteiger partial charge in [-0.3, -0.25) is 10.4 Å². The lowest BCUT2D eigenvalue weighted by Gasteiger charge is -2.07. The van der Waals surface area contributed by atoms with Gasteiger partial charge in [-0.1, -0.05) is 29.8 Å². The van der Waals surface area contributed by atoms with Crippen LogP contribution in [0.4, 0.5) is 11.4 Å². The van der Waals surface area contributed by atoms with Crippen LogP contribution < -0.4 is 10.7 Å². The number of H-pyrrole nitrogens is 1. The monoisotopic (exact) mass is 517 g/mol. The van der Waals surface area contributed by atoms with Crippen LogP contribution >= 0.6 is 11.6 Å². The van der Waals surface area contributed by atoms with Crippen LogP contribution in [0.2, 0.25) is 5.02 Å². The maximum atomic E-state index is 11.7. The van der Waals surface area contributed by atoms with Gasteiger partial charge in [-0.2, -0.15) is 5.10 Å². The summed E-state index contributed by atoms with van der Waals surface area (Å²) < 4.78 is 23.4. The first-order chi connectivity index (χ1) is 17.4. The van der Waals surface area contributed by atoms with Crippen LogP contribution in [-0.4, -0.2) is 37.4 Å². The van der Waals surface area contributed by atoms with Crippen molar-refractivity contribution in [2.75, 3.05) is 23.5 Å². The number of aromatic nitrogens is 2. The number of benzene rings is 3. The molecular weight excluding hydrogens is 494 g/mol. The van der Waals surface area contributed by atoms with Gasteiger partial charge < -0.3 is 10.3 Å². The van der Waals surface area contributed by atoms with Crippen molar-refractivity contribution in [1.29, 1.82) is 0 Å². The van der Waals surface area contributed by atoms with Gasteiger partial charge in [0, 0.05) is 58.2 Å². The molecule has 0 unspecified atom stereocenters. The third-order valence-electron chi connectivity index (χ3n) is 5.87. The Morgan fingerprint density at radius 3 is 2.53 bits per heavy atom. The molecule has 0 aliphatic carbocycles. The van der Waals surface area contributed by atoms with Gasteiger partial charge in [0.1, 0.15) is 0 Å². The fourth-order valence-electron chi connectivity index (χ4n) is 4.07. The Morgan fingerprint density at radius 1 is 1.00 bits per heavy atom. The van der Waals surface area contributed by atoms with Gasteiger partial charge in [-0.25, -0.2) is 8.42 Å². The zero-order valence-electron chi connectivity index (χ0n) is 19.5. The standard InChI is InChI=1S/C27H24ClN5O2S/c1-36(34,35)21-10-8-19(9-11-21)29-14-13-25-23(17-31-33-20-5-3-2-4-6-20)24-16-30-26-15-18(28)7-12-22(26)27(24)32-25/h2-12,15-17,29,32-33H,13-14H2,1H3. The highest BCUT2D eigenvalue weighted by Gasteiger charge is 2.14. The maximum absolute atomic E-state index is 11.7. The molecular formula is C27H24ClN5O2S. The Morgan fingerprint density at radius 2 is 1.78 bits per heavy atom. The van der Waals surface area contributed by atoms with Crippen LogP contribution in [-0.2, 0) is 16.3 Å². The van der Waals surface area contributed by atoms with E-state index < -0.39 is 9.84 Å². The number of hydrogen-bond acceptors (Lipinski definition) is 6. The van der Waals surface area contributed by atoms with Gasteiger partial charge in [0.25, 0.3) is 0 Å². The minimum absolute atomic E-state index is 0.299. The Kier molecular flexibility index (Phi) is 6.63. The molecule has 0 amide bonds. The van der Waals surface area contributed by atoms with Crippen LogP contribution in [0.25, 0.3) is 21.8 Å². The first-order valence-corrected chi connectivity index (χ1v) is 13.6. The van der Waals surface area contributed by atoms with E-state index in [1.54, 1.807) is 24.3 Å². The van der Waals surface area contributed by atoms with E-state index in [4.69, 9.17) is 11.6 Å². The smallest absolute Gasteiger partial charge is 0.175 e. The highest BCUT2D eigenvalue weighted by molar-refractivity contribution is 7.90. The summed E-state index contributed by atoms with van der Waals surface area (Å²) in [6.45, 7) is 0.634. The second-order valence-electron chi connectivity index (χ2n) is 8.43. The molecule has 0 radical (unpaired) electrons. The number of hydrogen-bond donors (Lipinski definition) is 3. The summed E-state index contributed by atoms with van der Waals surface area (Å²) in [6, 6.07) is 22.2. The largest absolute Gasteiger partial charge is 0.385 e. The third-order valence-corrected chi connectivity index (χ3v) is 7.23. The first kappa shape index (κ1) is 23.8. The predicted molar refractivity (Wildman–Crippen MR) is 148 cm³/mol. The van der Waals surface area contributed by atoms with Crippen LogP contribution in [0.3, 0.4) is 0 Å². The fraction of sp³-hybridized carbons (Fsp3) is 0.111. The molecule has 182 valence electrons.